The molecule has 2 aliphatic heterocycles. The molecule has 6 heteroatoms. The van der Waals surface area contributed by atoms with Crippen molar-refractivity contribution in [3.63, 3.8) is 0 Å². The lowest BCUT2D eigenvalue weighted by atomic mass is 10.3. The summed E-state index contributed by atoms with van der Waals surface area (Å²) >= 11 is 0. The summed E-state index contributed by atoms with van der Waals surface area (Å²) in [5.41, 5.74) is 0. The van der Waals surface area contributed by atoms with Crippen LogP contribution in [0.2, 0.25) is 0 Å². The van der Waals surface area contributed by atoms with Crippen LogP contribution in [0, 0.1) is 0 Å². The molecule has 90 valence electrons. The molecular formula is C10H18N4O2. The van der Waals surface area contributed by atoms with Crippen LogP contribution in [0.3, 0.4) is 0 Å². The smallest absolute Gasteiger partial charge is 0.324 e. The van der Waals surface area contributed by atoms with Gasteiger partial charge in [0.2, 0.25) is 5.91 Å². The number of imide groups is 1. The quantitative estimate of drug-likeness (QED) is 0.593. The summed E-state index contributed by atoms with van der Waals surface area (Å²) in [4.78, 5) is 26.2. The van der Waals surface area contributed by atoms with E-state index < -0.39 is 0 Å². The molecule has 1 atom stereocenters. The van der Waals surface area contributed by atoms with Crippen LogP contribution in [0.4, 0.5) is 4.79 Å². The van der Waals surface area contributed by atoms with Crippen LogP contribution in [0.1, 0.15) is 6.42 Å². The van der Waals surface area contributed by atoms with E-state index in [1.54, 1.807) is 0 Å². The molecule has 2 saturated heterocycles. The molecule has 0 bridgehead atoms. The Labute approximate surface area is 95.0 Å². The number of urea groups is 1. The van der Waals surface area contributed by atoms with Crippen LogP contribution in [-0.2, 0) is 4.79 Å². The molecule has 0 saturated carbocycles. The van der Waals surface area contributed by atoms with Crippen LogP contribution in [0.25, 0.3) is 0 Å². The molecule has 0 aromatic carbocycles. The van der Waals surface area contributed by atoms with Crippen molar-refractivity contribution in [2.75, 3.05) is 39.8 Å². The summed E-state index contributed by atoms with van der Waals surface area (Å²) < 4.78 is 0. The zero-order valence-electron chi connectivity index (χ0n) is 9.53. The minimum absolute atomic E-state index is 0.116. The average Bonchev–Trinajstić information content (AvgIpc) is 2.85. The van der Waals surface area contributed by atoms with Gasteiger partial charge in [0.25, 0.3) is 0 Å². The summed E-state index contributed by atoms with van der Waals surface area (Å²) in [7, 11) is 1.96. The molecule has 2 fully saturated rings. The molecule has 1 unspecified atom stereocenters. The molecule has 6 nitrogen and oxygen atoms in total. The third-order valence-corrected chi connectivity index (χ3v) is 3.26. The predicted octanol–water partition coefficient (Wildman–Crippen LogP) is -1.17. The number of rotatable bonds is 4. The lowest BCUT2D eigenvalue weighted by molar-refractivity contribution is -0.125. The van der Waals surface area contributed by atoms with Crippen molar-refractivity contribution in [1.82, 2.24) is 20.4 Å². The molecule has 0 aromatic rings. The van der Waals surface area contributed by atoms with E-state index in [4.69, 9.17) is 0 Å². The van der Waals surface area contributed by atoms with Gasteiger partial charge in [-0.05, 0) is 20.0 Å². The standard InChI is InChI=1S/C10H18N4O2/c1-11-8-2-3-13(7-8)4-5-14-9(15)6-12-10(14)16/h8,11H,2-7H2,1H3,(H,12,16). The van der Waals surface area contributed by atoms with Gasteiger partial charge in [0.1, 0.15) is 0 Å². The molecule has 0 spiro atoms. The van der Waals surface area contributed by atoms with Crippen molar-refractivity contribution in [2.45, 2.75) is 12.5 Å². The SMILES string of the molecule is CNC1CCN(CCN2C(=O)CNC2=O)C1. The Kier molecular flexibility index (Phi) is 3.40. The van der Waals surface area contributed by atoms with Crippen molar-refractivity contribution in [2.24, 2.45) is 0 Å². The van der Waals surface area contributed by atoms with Crippen LogP contribution < -0.4 is 10.6 Å². The highest BCUT2D eigenvalue weighted by molar-refractivity contribution is 6.01. The van der Waals surface area contributed by atoms with Crippen molar-refractivity contribution >= 4 is 11.9 Å². The second kappa shape index (κ2) is 4.80. The number of carbonyl (C=O) groups is 2. The van der Waals surface area contributed by atoms with Gasteiger partial charge in [-0.1, -0.05) is 0 Å². The number of nitrogens with zero attached hydrogens (tertiary/aromatic N) is 2. The Balaban J connectivity index is 1.75. The number of carbonyl (C=O) groups excluding carboxylic acids is 2. The monoisotopic (exact) mass is 226 g/mol. The summed E-state index contributed by atoms with van der Waals surface area (Å²) in [5.74, 6) is -0.116. The van der Waals surface area contributed by atoms with E-state index in [0.717, 1.165) is 26.1 Å². The van der Waals surface area contributed by atoms with Gasteiger partial charge in [-0.15, -0.1) is 0 Å². The molecule has 0 aromatic heterocycles. The third kappa shape index (κ3) is 2.33. The topological polar surface area (TPSA) is 64.7 Å². The number of hydrogen-bond donors (Lipinski definition) is 2. The van der Waals surface area contributed by atoms with Gasteiger partial charge in [0.15, 0.2) is 0 Å². The van der Waals surface area contributed by atoms with Gasteiger partial charge in [0.05, 0.1) is 6.54 Å². The van der Waals surface area contributed by atoms with Crippen molar-refractivity contribution in [3.8, 4) is 0 Å². The number of likely N-dealkylation sites (tertiary alicyclic amines) is 1. The van der Waals surface area contributed by atoms with E-state index in [-0.39, 0.29) is 18.5 Å². The molecular weight excluding hydrogens is 208 g/mol. The summed E-state index contributed by atoms with van der Waals surface area (Å²) in [6.07, 6.45) is 1.14. The molecule has 3 amide bonds. The van der Waals surface area contributed by atoms with Crippen LogP contribution >= 0.6 is 0 Å². The molecule has 0 radical (unpaired) electrons. The van der Waals surface area contributed by atoms with Gasteiger partial charge in [-0.25, -0.2) is 4.79 Å². The van der Waals surface area contributed by atoms with Crippen molar-refractivity contribution < 1.29 is 9.59 Å². The van der Waals surface area contributed by atoms with Gasteiger partial charge in [-0.2, -0.15) is 0 Å². The summed E-state index contributed by atoms with van der Waals surface area (Å²) in [5, 5.41) is 5.76. The van der Waals surface area contributed by atoms with E-state index in [1.807, 2.05) is 7.05 Å². The maximum Gasteiger partial charge on any atom is 0.324 e. The Bertz CT molecular complexity index is 279. The first-order valence-corrected chi connectivity index (χ1v) is 5.68. The van der Waals surface area contributed by atoms with E-state index >= 15 is 0 Å². The van der Waals surface area contributed by atoms with Gasteiger partial charge >= 0.3 is 6.03 Å². The zero-order chi connectivity index (χ0) is 11.5. The van der Waals surface area contributed by atoms with E-state index in [9.17, 15) is 9.59 Å². The molecule has 2 N–H and O–H groups in total. The average molecular weight is 226 g/mol. The Morgan fingerprint density at radius 2 is 2.25 bits per heavy atom. The number of hydrogen-bond acceptors (Lipinski definition) is 4. The maximum absolute atomic E-state index is 11.3. The first kappa shape index (κ1) is 11.3. The molecule has 2 rings (SSSR count). The Morgan fingerprint density at radius 3 is 2.81 bits per heavy atom. The van der Waals surface area contributed by atoms with Gasteiger partial charge in [-0.3, -0.25) is 14.6 Å². The highest BCUT2D eigenvalue weighted by Gasteiger charge is 2.29. The summed E-state index contributed by atoms with van der Waals surface area (Å²) in [6, 6.07) is 0.289. The fourth-order valence-electron chi connectivity index (χ4n) is 2.19. The van der Waals surface area contributed by atoms with E-state index in [1.165, 1.54) is 4.90 Å². The normalized spacial score (nSPS) is 26.6. The van der Waals surface area contributed by atoms with Crippen LogP contribution in [0.15, 0.2) is 0 Å². The molecule has 2 aliphatic rings. The first-order valence-electron chi connectivity index (χ1n) is 5.68. The fraction of sp³-hybridized carbons (Fsp3) is 0.800. The summed E-state index contributed by atoms with van der Waals surface area (Å²) in [6.45, 7) is 3.46. The lowest BCUT2D eigenvalue weighted by Gasteiger charge is -2.19. The zero-order valence-corrected chi connectivity index (χ0v) is 9.53. The largest absolute Gasteiger partial charge is 0.329 e. The first-order chi connectivity index (χ1) is 7.70. The Hall–Kier alpha value is -1.14. The van der Waals surface area contributed by atoms with Crippen LogP contribution in [0.5, 0.6) is 0 Å². The van der Waals surface area contributed by atoms with Crippen molar-refractivity contribution in [3.05, 3.63) is 0 Å². The Morgan fingerprint density at radius 1 is 1.44 bits per heavy atom. The number of amides is 3. The van der Waals surface area contributed by atoms with Gasteiger partial charge < -0.3 is 10.6 Å². The van der Waals surface area contributed by atoms with Crippen LogP contribution in [-0.4, -0.2) is 67.6 Å². The van der Waals surface area contributed by atoms with Crippen molar-refractivity contribution in [1.29, 1.82) is 0 Å². The molecule has 0 aliphatic carbocycles. The second-order valence-electron chi connectivity index (χ2n) is 4.28. The minimum atomic E-state index is -0.255. The highest BCUT2D eigenvalue weighted by Crippen LogP contribution is 2.08. The van der Waals surface area contributed by atoms with E-state index in [2.05, 4.69) is 15.5 Å². The fourth-order valence-corrected chi connectivity index (χ4v) is 2.19. The highest BCUT2D eigenvalue weighted by atomic mass is 16.2. The lowest BCUT2D eigenvalue weighted by Crippen LogP contribution is -2.39. The molecule has 16 heavy (non-hydrogen) atoms. The van der Waals surface area contributed by atoms with Gasteiger partial charge in [0, 0.05) is 25.7 Å². The minimum Gasteiger partial charge on any atom is -0.329 e. The second-order valence-corrected chi connectivity index (χ2v) is 4.28. The number of likely N-dealkylation sites (N-methyl/N-ethyl adjacent to an activating group) is 1. The molecule has 2 heterocycles. The van der Waals surface area contributed by atoms with E-state index in [0.29, 0.717) is 12.6 Å². The third-order valence-electron chi connectivity index (χ3n) is 3.26. The maximum atomic E-state index is 11.3. The number of nitrogens with one attached hydrogen (secondary N) is 2. The predicted molar refractivity (Wildman–Crippen MR) is 59.0 cm³/mol.